The summed E-state index contributed by atoms with van der Waals surface area (Å²) < 4.78 is 0. The van der Waals surface area contributed by atoms with Gasteiger partial charge in [-0.2, -0.15) is 0 Å². The zero-order valence-corrected chi connectivity index (χ0v) is 13.6. The van der Waals surface area contributed by atoms with Gasteiger partial charge in [-0.05, 0) is 0 Å². The molecule has 10 heteroatoms. The van der Waals surface area contributed by atoms with Crippen LogP contribution in [0.25, 0.3) is 0 Å². The third-order valence-corrected chi connectivity index (χ3v) is 3.78. The Hall–Kier alpha value is 0.260. The molecule has 0 aromatic heterocycles. The lowest BCUT2D eigenvalue weighted by Crippen LogP contribution is -2.51. The molecular formula is C12H25Cl2NO7. The summed E-state index contributed by atoms with van der Waals surface area (Å²) >= 11 is 11.0. The Bertz CT molecular complexity index is 278. The van der Waals surface area contributed by atoms with Crippen LogP contribution in [0.2, 0.25) is 0 Å². The molecule has 0 aliphatic heterocycles. The highest BCUT2D eigenvalue weighted by atomic mass is 35.5. The lowest BCUT2D eigenvalue weighted by Gasteiger charge is -2.32. The summed E-state index contributed by atoms with van der Waals surface area (Å²) in [7, 11) is 0. The molecule has 0 bridgehead atoms. The normalized spacial score (nSPS) is 20.5. The second kappa shape index (κ2) is 11.7. The molecule has 0 fully saturated rings. The molecule has 134 valence electrons. The Morgan fingerprint density at radius 3 is 1.45 bits per heavy atom. The van der Waals surface area contributed by atoms with Crippen LogP contribution in [0, 0.1) is 0 Å². The average molecular weight is 366 g/mol. The number of hydrogen-bond acceptors (Lipinski definition) is 8. The fourth-order valence-corrected chi connectivity index (χ4v) is 2.05. The van der Waals surface area contributed by atoms with Gasteiger partial charge in [-0.1, -0.05) is 0 Å². The second-order valence-electron chi connectivity index (χ2n) is 5.13. The second-order valence-corrected chi connectivity index (χ2v) is 5.75. The first kappa shape index (κ1) is 22.3. The Balaban J connectivity index is 4.67. The average Bonchev–Trinajstić information content (AvgIpc) is 2.51. The summed E-state index contributed by atoms with van der Waals surface area (Å²) in [4.78, 5) is 1.42. The molecule has 0 aliphatic carbocycles. The number of halogens is 2. The molecular weight excluding hydrogens is 341 g/mol. The van der Waals surface area contributed by atoms with Crippen molar-refractivity contribution >= 4 is 23.2 Å². The van der Waals surface area contributed by atoms with Crippen molar-refractivity contribution in [2.24, 2.45) is 0 Å². The molecule has 0 radical (unpaired) electrons. The number of aliphatic hydroxyl groups excluding tert-OH is 7. The van der Waals surface area contributed by atoms with E-state index in [0.29, 0.717) is 0 Å². The highest BCUT2D eigenvalue weighted by molar-refractivity contribution is 6.18. The number of aliphatic hydroxyl groups is 7. The minimum absolute atomic E-state index is 0.0138. The van der Waals surface area contributed by atoms with Crippen LogP contribution in [0.15, 0.2) is 0 Å². The Morgan fingerprint density at radius 2 is 1.09 bits per heavy atom. The monoisotopic (exact) mass is 365 g/mol. The largest absolute Gasteiger partial charge is 0.394 e. The van der Waals surface area contributed by atoms with Crippen molar-refractivity contribution in [1.29, 1.82) is 0 Å². The molecule has 0 heterocycles. The van der Waals surface area contributed by atoms with Crippen molar-refractivity contribution in [3.05, 3.63) is 0 Å². The summed E-state index contributed by atoms with van der Waals surface area (Å²) in [6.45, 7) is -0.956. The maximum Gasteiger partial charge on any atom is 0.111 e. The van der Waals surface area contributed by atoms with Crippen LogP contribution >= 0.6 is 23.2 Å². The van der Waals surface area contributed by atoms with Gasteiger partial charge in [0.1, 0.15) is 18.3 Å². The summed E-state index contributed by atoms with van der Waals surface area (Å²) in [6.07, 6.45) is -8.37. The summed E-state index contributed by atoms with van der Waals surface area (Å²) in [5.74, 6) is -0.115. The van der Waals surface area contributed by atoms with E-state index in [-0.39, 0.29) is 31.4 Å². The van der Waals surface area contributed by atoms with E-state index in [2.05, 4.69) is 0 Å². The Kier molecular flexibility index (Phi) is 11.9. The van der Waals surface area contributed by atoms with E-state index in [0.717, 1.165) is 0 Å². The minimum atomic E-state index is -1.74. The fraction of sp³-hybridized carbons (Fsp3) is 1.00. The highest BCUT2D eigenvalue weighted by Crippen LogP contribution is 2.08. The van der Waals surface area contributed by atoms with Gasteiger partial charge in [0.05, 0.1) is 24.9 Å². The van der Waals surface area contributed by atoms with Gasteiger partial charge in [0.2, 0.25) is 0 Å². The standard InChI is InChI=1S/C12H25Cl2NO7/c13-1-7(17)3-15(4-8(18)2-14)5-9(19)11(21)12(22)10(20)6-16/h7-12,16-22H,1-6H2/t7?,8?,9?,10?,11?,12-/m0/s1. The van der Waals surface area contributed by atoms with Crippen molar-refractivity contribution < 1.29 is 35.7 Å². The number of alkyl halides is 2. The smallest absolute Gasteiger partial charge is 0.111 e. The minimum Gasteiger partial charge on any atom is -0.394 e. The molecule has 0 saturated heterocycles. The Morgan fingerprint density at radius 1 is 0.682 bits per heavy atom. The third-order valence-electron chi connectivity index (χ3n) is 3.06. The van der Waals surface area contributed by atoms with Crippen LogP contribution in [0.4, 0.5) is 0 Å². The number of rotatable bonds is 12. The lowest BCUT2D eigenvalue weighted by atomic mass is 10.0. The van der Waals surface area contributed by atoms with Gasteiger partial charge in [-0.15, -0.1) is 23.2 Å². The SMILES string of the molecule is OCC(O)[C@H](O)C(O)C(O)CN(CC(O)CCl)CC(O)CCl. The van der Waals surface area contributed by atoms with E-state index in [4.69, 9.17) is 28.3 Å². The van der Waals surface area contributed by atoms with Crippen molar-refractivity contribution in [3.8, 4) is 0 Å². The van der Waals surface area contributed by atoms with Crippen LogP contribution < -0.4 is 0 Å². The van der Waals surface area contributed by atoms with Crippen LogP contribution in [0.1, 0.15) is 0 Å². The van der Waals surface area contributed by atoms with E-state index in [1.165, 1.54) is 4.90 Å². The van der Waals surface area contributed by atoms with Gasteiger partial charge >= 0.3 is 0 Å². The molecule has 6 atom stereocenters. The van der Waals surface area contributed by atoms with Gasteiger partial charge in [-0.3, -0.25) is 4.90 Å². The molecule has 5 unspecified atom stereocenters. The van der Waals surface area contributed by atoms with E-state index < -0.39 is 43.2 Å². The summed E-state index contributed by atoms with van der Waals surface area (Å²) in [6, 6.07) is 0. The van der Waals surface area contributed by atoms with E-state index in [1.807, 2.05) is 0 Å². The fourth-order valence-electron chi connectivity index (χ4n) is 1.85. The van der Waals surface area contributed by atoms with Crippen LogP contribution in [-0.2, 0) is 0 Å². The van der Waals surface area contributed by atoms with E-state index in [9.17, 15) is 30.6 Å². The van der Waals surface area contributed by atoms with E-state index in [1.54, 1.807) is 0 Å². The number of nitrogens with zero attached hydrogens (tertiary/aromatic N) is 1. The zero-order chi connectivity index (χ0) is 17.3. The molecule has 0 saturated carbocycles. The van der Waals surface area contributed by atoms with Crippen LogP contribution in [0.5, 0.6) is 0 Å². The van der Waals surface area contributed by atoms with E-state index >= 15 is 0 Å². The van der Waals surface area contributed by atoms with Crippen molar-refractivity contribution in [3.63, 3.8) is 0 Å². The Labute approximate surface area is 139 Å². The topological polar surface area (TPSA) is 145 Å². The van der Waals surface area contributed by atoms with Crippen LogP contribution in [0.3, 0.4) is 0 Å². The third kappa shape index (κ3) is 8.21. The molecule has 0 aromatic rings. The van der Waals surface area contributed by atoms with Crippen molar-refractivity contribution in [2.45, 2.75) is 36.6 Å². The maximum atomic E-state index is 9.90. The van der Waals surface area contributed by atoms with Gasteiger partial charge in [-0.25, -0.2) is 0 Å². The lowest BCUT2D eigenvalue weighted by molar-refractivity contribution is -0.121. The van der Waals surface area contributed by atoms with Crippen LogP contribution in [-0.4, -0.2) is 115 Å². The predicted molar refractivity (Wildman–Crippen MR) is 81.0 cm³/mol. The molecule has 22 heavy (non-hydrogen) atoms. The van der Waals surface area contributed by atoms with Gasteiger partial charge < -0.3 is 35.7 Å². The molecule has 7 N–H and O–H groups in total. The first-order valence-electron chi connectivity index (χ1n) is 6.80. The molecule has 0 aliphatic rings. The zero-order valence-electron chi connectivity index (χ0n) is 12.0. The molecule has 0 amide bonds. The van der Waals surface area contributed by atoms with Gasteiger partial charge in [0.25, 0.3) is 0 Å². The molecule has 0 spiro atoms. The van der Waals surface area contributed by atoms with Crippen molar-refractivity contribution in [1.82, 2.24) is 4.90 Å². The first-order valence-corrected chi connectivity index (χ1v) is 7.87. The van der Waals surface area contributed by atoms with Gasteiger partial charge in [0.15, 0.2) is 0 Å². The predicted octanol–water partition coefficient (Wildman–Crippen LogP) is -3.08. The first-order chi connectivity index (χ1) is 10.3. The molecule has 0 aromatic carbocycles. The summed E-state index contributed by atoms with van der Waals surface area (Å²) in [5.41, 5.74) is 0. The highest BCUT2D eigenvalue weighted by Gasteiger charge is 2.31. The quantitative estimate of drug-likeness (QED) is 0.180. The maximum absolute atomic E-state index is 9.90. The summed E-state index contributed by atoms with van der Waals surface area (Å²) in [5, 5.41) is 66.2. The number of hydrogen-bond donors (Lipinski definition) is 7. The van der Waals surface area contributed by atoms with Gasteiger partial charge in [0, 0.05) is 31.4 Å². The molecule has 0 rings (SSSR count). The molecule has 8 nitrogen and oxygen atoms in total. The van der Waals surface area contributed by atoms with Crippen molar-refractivity contribution in [2.75, 3.05) is 38.0 Å².